The predicted molar refractivity (Wildman–Crippen MR) is 109 cm³/mol. The molecule has 0 atom stereocenters. The molecule has 1 fully saturated rings. The summed E-state index contributed by atoms with van der Waals surface area (Å²) < 4.78 is 14.1. The van der Waals surface area contributed by atoms with Crippen molar-refractivity contribution in [2.24, 2.45) is 0 Å². The van der Waals surface area contributed by atoms with Gasteiger partial charge in [-0.3, -0.25) is 4.79 Å². The molecule has 1 saturated carbocycles. The van der Waals surface area contributed by atoms with E-state index in [0.29, 0.717) is 22.9 Å². The third kappa shape index (κ3) is 4.64. The first-order chi connectivity index (χ1) is 13.6. The van der Waals surface area contributed by atoms with Crippen LogP contribution in [-0.2, 0) is 6.54 Å². The molecule has 3 aromatic rings. The molecule has 4 rings (SSSR count). The summed E-state index contributed by atoms with van der Waals surface area (Å²) in [5.74, 6) is 0.171. The molecule has 0 aliphatic heterocycles. The fourth-order valence-corrected chi connectivity index (χ4v) is 3.41. The number of amides is 1. The molecule has 0 spiro atoms. The van der Waals surface area contributed by atoms with Crippen LogP contribution in [0.25, 0.3) is 0 Å². The van der Waals surface area contributed by atoms with Gasteiger partial charge in [0.05, 0.1) is 12.2 Å². The number of benzene rings is 1. The fourth-order valence-electron chi connectivity index (χ4n) is 2.65. The highest BCUT2D eigenvalue weighted by molar-refractivity contribution is 7.15. The first-order valence-corrected chi connectivity index (χ1v) is 9.88. The Hall–Kier alpha value is -3.00. The lowest BCUT2D eigenvalue weighted by Crippen LogP contribution is -2.25. The van der Waals surface area contributed by atoms with E-state index in [2.05, 4.69) is 25.9 Å². The minimum Gasteiger partial charge on any atom is -0.378 e. The number of carbonyl (C=O) groups is 1. The SMILES string of the molecule is Cc1cccc(Nc2ncc(CNc3cc(C(=O)NC4CC4)ccc3F)s2)n1. The van der Waals surface area contributed by atoms with Crippen LogP contribution >= 0.6 is 11.3 Å². The molecule has 6 nitrogen and oxygen atoms in total. The van der Waals surface area contributed by atoms with E-state index < -0.39 is 5.82 Å². The fraction of sp³-hybridized carbons (Fsp3) is 0.250. The number of anilines is 3. The number of hydrogen-bond donors (Lipinski definition) is 3. The van der Waals surface area contributed by atoms with Gasteiger partial charge in [0, 0.05) is 28.4 Å². The minimum absolute atomic E-state index is 0.166. The number of aromatic nitrogens is 2. The highest BCUT2D eigenvalue weighted by Crippen LogP contribution is 2.24. The van der Waals surface area contributed by atoms with Gasteiger partial charge in [-0.25, -0.2) is 14.4 Å². The molecular formula is C20H20FN5OS. The van der Waals surface area contributed by atoms with Gasteiger partial charge in [-0.2, -0.15) is 0 Å². The monoisotopic (exact) mass is 397 g/mol. The van der Waals surface area contributed by atoms with Gasteiger partial charge in [-0.15, -0.1) is 0 Å². The molecular weight excluding hydrogens is 377 g/mol. The van der Waals surface area contributed by atoms with Crippen molar-refractivity contribution in [2.45, 2.75) is 32.4 Å². The molecule has 0 unspecified atom stereocenters. The van der Waals surface area contributed by atoms with Gasteiger partial charge in [0.1, 0.15) is 11.6 Å². The summed E-state index contributed by atoms with van der Waals surface area (Å²) in [7, 11) is 0. The zero-order valence-corrected chi connectivity index (χ0v) is 16.1. The van der Waals surface area contributed by atoms with E-state index >= 15 is 0 Å². The number of thiazole rings is 1. The van der Waals surface area contributed by atoms with Crippen LogP contribution in [0.15, 0.2) is 42.6 Å². The van der Waals surface area contributed by atoms with Crippen LogP contribution in [0.1, 0.15) is 33.8 Å². The number of hydrogen-bond acceptors (Lipinski definition) is 6. The van der Waals surface area contributed by atoms with Gasteiger partial charge in [0.2, 0.25) is 0 Å². The van der Waals surface area contributed by atoms with Gasteiger partial charge >= 0.3 is 0 Å². The Labute approximate surface area is 166 Å². The topological polar surface area (TPSA) is 78.9 Å². The summed E-state index contributed by atoms with van der Waals surface area (Å²) in [5.41, 5.74) is 1.67. The van der Waals surface area contributed by atoms with Crippen molar-refractivity contribution in [3.05, 3.63) is 64.5 Å². The molecule has 144 valence electrons. The normalized spacial score (nSPS) is 13.2. The van der Waals surface area contributed by atoms with E-state index in [-0.39, 0.29) is 11.9 Å². The first kappa shape index (κ1) is 18.4. The average Bonchev–Trinajstić information content (AvgIpc) is 3.38. The Morgan fingerprint density at radius 2 is 2.14 bits per heavy atom. The lowest BCUT2D eigenvalue weighted by molar-refractivity contribution is 0.0951. The van der Waals surface area contributed by atoms with E-state index in [4.69, 9.17) is 0 Å². The molecule has 28 heavy (non-hydrogen) atoms. The molecule has 1 aliphatic carbocycles. The molecule has 8 heteroatoms. The van der Waals surface area contributed by atoms with E-state index in [1.54, 1.807) is 12.3 Å². The van der Waals surface area contributed by atoms with Crippen LogP contribution in [0.2, 0.25) is 0 Å². The second-order valence-electron chi connectivity index (χ2n) is 6.72. The van der Waals surface area contributed by atoms with Crippen molar-refractivity contribution >= 4 is 33.9 Å². The smallest absolute Gasteiger partial charge is 0.251 e. The summed E-state index contributed by atoms with van der Waals surface area (Å²) in [6, 6.07) is 10.4. The van der Waals surface area contributed by atoms with E-state index in [1.165, 1.54) is 23.5 Å². The van der Waals surface area contributed by atoms with E-state index in [1.807, 2.05) is 25.1 Å². The maximum absolute atomic E-state index is 14.1. The number of nitrogens with one attached hydrogen (secondary N) is 3. The lowest BCUT2D eigenvalue weighted by atomic mass is 10.1. The number of rotatable bonds is 7. The lowest BCUT2D eigenvalue weighted by Gasteiger charge is -2.09. The second-order valence-corrected chi connectivity index (χ2v) is 7.83. The summed E-state index contributed by atoms with van der Waals surface area (Å²) in [6.45, 7) is 2.33. The molecule has 0 saturated heterocycles. The zero-order valence-electron chi connectivity index (χ0n) is 15.3. The maximum Gasteiger partial charge on any atom is 0.251 e. The first-order valence-electron chi connectivity index (χ1n) is 9.06. The summed E-state index contributed by atoms with van der Waals surface area (Å²) >= 11 is 1.46. The number of aryl methyl sites for hydroxylation is 1. The highest BCUT2D eigenvalue weighted by Gasteiger charge is 2.24. The molecule has 0 radical (unpaired) electrons. The third-order valence-corrected chi connectivity index (χ3v) is 5.18. The van der Waals surface area contributed by atoms with Crippen LogP contribution in [0.3, 0.4) is 0 Å². The zero-order chi connectivity index (χ0) is 19.5. The van der Waals surface area contributed by atoms with Gasteiger partial charge in [0.25, 0.3) is 5.91 Å². The average molecular weight is 397 g/mol. The van der Waals surface area contributed by atoms with Crippen LogP contribution < -0.4 is 16.0 Å². The molecule has 3 N–H and O–H groups in total. The minimum atomic E-state index is -0.394. The van der Waals surface area contributed by atoms with Crippen LogP contribution in [-0.4, -0.2) is 21.9 Å². The number of pyridine rings is 1. The summed E-state index contributed by atoms with van der Waals surface area (Å²) in [6.07, 6.45) is 3.76. The van der Waals surface area contributed by atoms with Gasteiger partial charge in [0.15, 0.2) is 5.13 Å². The van der Waals surface area contributed by atoms with E-state index in [0.717, 1.165) is 29.2 Å². The van der Waals surface area contributed by atoms with Gasteiger partial charge in [-0.1, -0.05) is 17.4 Å². The molecule has 2 heterocycles. The van der Waals surface area contributed by atoms with Crippen molar-refractivity contribution in [2.75, 3.05) is 10.6 Å². The van der Waals surface area contributed by atoms with Crippen molar-refractivity contribution in [1.82, 2.24) is 15.3 Å². The third-order valence-electron chi connectivity index (χ3n) is 4.27. The van der Waals surface area contributed by atoms with Crippen molar-refractivity contribution < 1.29 is 9.18 Å². The number of carbonyl (C=O) groups excluding carboxylic acids is 1. The molecule has 0 bridgehead atoms. The molecule has 1 amide bonds. The Morgan fingerprint density at radius 1 is 1.29 bits per heavy atom. The summed E-state index contributed by atoms with van der Waals surface area (Å²) in [5, 5.41) is 9.84. The standard InChI is InChI=1S/C20H20FN5OS/c1-12-3-2-4-18(24-12)26-20-23-11-15(28-20)10-22-17-9-13(5-8-16(17)21)19(27)25-14-6-7-14/h2-5,8-9,11,14,22H,6-7,10H2,1H3,(H,25,27)(H,23,24,26). The Kier molecular flexibility index (Phi) is 5.21. The summed E-state index contributed by atoms with van der Waals surface area (Å²) in [4.78, 5) is 21.8. The van der Waals surface area contributed by atoms with Gasteiger partial charge < -0.3 is 16.0 Å². The van der Waals surface area contributed by atoms with Crippen molar-refractivity contribution in [3.8, 4) is 0 Å². The molecule has 1 aromatic carbocycles. The quantitative estimate of drug-likeness (QED) is 0.556. The van der Waals surface area contributed by atoms with Crippen LogP contribution in [0, 0.1) is 12.7 Å². The molecule has 1 aliphatic rings. The second kappa shape index (κ2) is 7.93. The Bertz CT molecular complexity index is 1000. The number of halogens is 1. The van der Waals surface area contributed by atoms with Gasteiger partial charge in [-0.05, 0) is 50.1 Å². The predicted octanol–water partition coefficient (Wildman–Crippen LogP) is 4.23. The largest absolute Gasteiger partial charge is 0.378 e. The van der Waals surface area contributed by atoms with Crippen LogP contribution in [0.4, 0.5) is 21.0 Å². The Morgan fingerprint density at radius 3 is 2.93 bits per heavy atom. The van der Waals surface area contributed by atoms with Crippen LogP contribution in [0.5, 0.6) is 0 Å². The number of nitrogens with zero attached hydrogens (tertiary/aromatic N) is 2. The Balaban J connectivity index is 1.39. The molecule has 2 aromatic heterocycles. The van der Waals surface area contributed by atoms with Crippen molar-refractivity contribution in [3.63, 3.8) is 0 Å². The van der Waals surface area contributed by atoms with Crippen molar-refractivity contribution in [1.29, 1.82) is 0 Å². The highest BCUT2D eigenvalue weighted by atomic mass is 32.1. The maximum atomic E-state index is 14.1. The van der Waals surface area contributed by atoms with E-state index in [9.17, 15) is 9.18 Å².